The zero-order chi connectivity index (χ0) is 16.4. The van der Waals surface area contributed by atoms with E-state index in [4.69, 9.17) is 0 Å². The summed E-state index contributed by atoms with van der Waals surface area (Å²) in [6.07, 6.45) is 1.64. The van der Waals surface area contributed by atoms with E-state index in [2.05, 4.69) is 10.6 Å². The molecule has 0 heterocycles. The fraction of sp³-hybridized carbons (Fsp3) is 0.438. The summed E-state index contributed by atoms with van der Waals surface area (Å²) in [5.74, 6) is -1.58. The van der Waals surface area contributed by atoms with Gasteiger partial charge in [-0.25, -0.2) is 4.79 Å². The SMILES string of the molecule is CCCNC(=O)CCCC(=O)N[C@H](C(=O)O)c1ccccc1. The van der Waals surface area contributed by atoms with E-state index in [1.54, 1.807) is 30.3 Å². The Morgan fingerprint density at radius 1 is 1.09 bits per heavy atom. The molecule has 1 atom stereocenters. The number of benzene rings is 1. The third-order valence-corrected chi connectivity index (χ3v) is 3.07. The summed E-state index contributed by atoms with van der Waals surface area (Å²) in [6, 6.07) is 7.45. The lowest BCUT2D eigenvalue weighted by Gasteiger charge is -2.14. The lowest BCUT2D eigenvalue weighted by atomic mass is 10.1. The first-order valence-corrected chi connectivity index (χ1v) is 7.38. The third-order valence-electron chi connectivity index (χ3n) is 3.07. The Hall–Kier alpha value is -2.37. The Labute approximate surface area is 129 Å². The molecule has 0 saturated heterocycles. The van der Waals surface area contributed by atoms with Crippen LogP contribution in [0.4, 0.5) is 0 Å². The van der Waals surface area contributed by atoms with Gasteiger partial charge in [0, 0.05) is 19.4 Å². The highest BCUT2D eigenvalue weighted by atomic mass is 16.4. The van der Waals surface area contributed by atoms with Gasteiger partial charge in [0.2, 0.25) is 11.8 Å². The summed E-state index contributed by atoms with van der Waals surface area (Å²) in [7, 11) is 0. The van der Waals surface area contributed by atoms with Gasteiger partial charge in [0.15, 0.2) is 6.04 Å². The van der Waals surface area contributed by atoms with Gasteiger partial charge >= 0.3 is 5.97 Å². The number of hydrogen-bond donors (Lipinski definition) is 3. The highest BCUT2D eigenvalue weighted by molar-refractivity contribution is 5.85. The number of hydrogen-bond acceptors (Lipinski definition) is 3. The maximum absolute atomic E-state index is 11.8. The summed E-state index contributed by atoms with van der Waals surface area (Å²) in [6.45, 7) is 2.59. The van der Waals surface area contributed by atoms with Gasteiger partial charge in [0.25, 0.3) is 0 Å². The number of rotatable bonds is 9. The first-order valence-electron chi connectivity index (χ1n) is 7.38. The highest BCUT2D eigenvalue weighted by Gasteiger charge is 2.21. The summed E-state index contributed by atoms with van der Waals surface area (Å²) >= 11 is 0. The van der Waals surface area contributed by atoms with E-state index in [-0.39, 0.29) is 24.7 Å². The molecule has 22 heavy (non-hydrogen) atoms. The summed E-state index contributed by atoms with van der Waals surface area (Å²) < 4.78 is 0. The first-order chi connectivity index (χ1) is 10.5. The van der Waals surface area contributed by atoms with Crippen molar-refractivity contribution < 1.29 is 19.5 Å². The molecule has 0 saturated carbocycles. The quantitative estimate of drug-likeness (QED) is 0.646. The molecule has 3 N–H and O–H groups in total. The van der Waals surface area contributed by atoms with Crippen molar-refractivity contribution in [1.82, 2.24) is 10.6 Å². The van der Waals surface area contributed by atoms with Crippen LogP contribution < -0.4 is 10.6 Å². The molecule has 0 spiro atoms. The molecule has 0 aliphatic carbocycles. The lowest BCUT2D eigenvalue weighted by Crippen LogP contribution is -2.33. The summed E-state index contributed by atoms with van der Waals surface area (Å²) in [5, 5.41) is 14.4. The Kier molecular flexibility index (Phi) is 7.67. The third kappa shape index (κ3) is 6.39. The number of aliphatic carboxylic acids is 1. The van der Waals surface area contributed by atoms with Gasteiger partial charge in [-0.2, -0.15) is 0 Å². The number of carboxylic acid groups (broad SMARTS) is 1. The summed E-state index contributed by atoms with van der Waals surface area (Å²) in [4.78, 5) is 34.5. The van der Waals surface area contributed by atoms with Crippen molar-refractivity contribution in [3.05, 3.63) is 35.9 Å². The molecule has 2 amide bonds. The van der Waals surface area contributed by atoms with Crippen molar-refractivity contribution in [3.8, 4) is 0 Å². The van der Waals surface area contributed by atoms with Gasteiger partial charge in [-0.1, -0.05) is 37.3 Å². The normalized spacial score (nSPS) is 11.5. The molecule has 0 aliphatic heterocycles. The smallest absolute Gasteiger partial charge is 0.330 e. The van der Waals surface area contributed by atoms with E-state index in [0.29, 0.717) is 18.5 Å². The average Bonchev–Trinajstić information content (AvgIpc) is 2.51. The van der Waals surface area contributed by atoms with Gasteiger partial charge < -0.3 is 15.7 Å². The van der Waals surface area contributed by atoms with Gasteiger partial charge in [-0.15, -0.1) is 0 Å². The van der Waals surface area contributed by atoms with Crippen LogP contribution in [-0.4, -0.2) is 29.4 Å². The first kappa shape index (κ1) is 17.7. The van der Waals surface area contributed by atoms with Crippen LogP contribution in [0.25, 0.3) is 0 Å². The van der Waals surface area contributed by atoms with Crippen LogP contribution >= 0.6 is 0 Å². The number of carbonyl (C=O) groups is 3. The molecule has 0 aliphatic rings. The van der Waals surface area contributed by atoms with Crippen LogP contribution in [0.1, 0.15) is 44.2 Å². The van der Waals surface area contributed by atoms with Crippen molar-refractivity contribution >= 4 is 17.8 Å². The average molecular weight is 306 g/mol. The summed E-state index contributed by atoms with van der Waals surface area (Å²) in [5.41, 5.74) is 0.518. The van der Waals surface area contributed by atoms with Gasteiger partial charge in [-0.3, -0.25) is 9.59 Å². The molecule has 0 aromatic heterocycles. The van der Waals surface area contributed by atoms with Crippen LogP contribution in [0.15, 0.2) is 30.3 Å². The molecule has 0 fully saturated rings. The molecule has 1 rings (SSSR count). The lowest BCUT2D eigenvalue weighted by molar-refractivity contribution is -0.142. The van der Waals surface area contributed by atoms with E-state index in [0.717, 1.165) is 6.42 Å². The molecule has 1 aromatic carbocycles. The number of nitrogens with one attached hydrogen (secondary N) is 2. The molecular weight excluding hydrogens is 284 g/mol. The fourth-order valence-electron chi connectivity index (χ4n) is 1.93. The molecule has 0 radical (unpaired) electrons. The largest absolute Gasteiger partial charge is 0.479 e. The zero-order valence-electron chi connectivity index (χ0n) is 12.7. The second-order valence-corrected chi connectivity index (χ2v) is 4.95. The van der Waals surface area contributed by atoms with E-state index < -0.39 is 12.0 Å². The van der Waals surface area contributed by atoms with Crippen LogP contribution in [0.5, 0.6) is 0 Å². The van der Waals surface area contributed by atoms with Gasteiger partial charge in [0.05, 0.1) is 0 Å². The van der Waals surface area contributed by atoms with Crippen molar-refractivity contribution in [2.75, 3.05) is 6.54 Å². The van der Waals surface area contributed by atoms with Crippen molar-refractivity contribution in [2.45, 2.75) is 38.6 Å². The van der Waals surface area contributed by atoms with Crippen molar-refractivity contribution in [1.29, 1.82) is 0 Å². The molecule has 6 nitrogen and oxygen atoms in total. The zero-order valence-corrected chi connectivity index (χ0v) is 12.7. The maximum Gasteiger partial charge on any atom is 0.330 e. The molecule has 0 bridgehead atoms. The van der Waals surface area contributed by atoms with E-state index in [9.17, 15) is 19.5 Å². The van der Waals surface area contributed by atoms with Crippen molar-refractivity contribution in [2.24, 2.45) is 0 Å². The minimum Gasteiger partial charge on any atom is -0.479 e. The Bertz CT molecular complexity index is 502. The van der Waals surface area contributed by atoms with Crippen LogP contribution in [0.3, 0.4) is 0 Å². The van der Waals surface area contributed by atoms with E-state index in [1.807, 2.05) is 6.92 Å². The molecule has 0 unspecified atom stereocenters. The maximum atomic E-state index is 11.8. The van der Waals surface area contributed by atoms with E-state index in [1.165, 1.54) is 0 Å². The van der Waals surface area contributed by atoms with Gasteiger partial charge in [0.1, 0.15) is 0 Å². The van der Waals surface area contributed by atoms with Gasteiger partial charge in [-0.05, 0) is 18.4 Å². The van der Waals surface area contributed by atoms with Crippen LogP contribution in [-0.2, 0) is 14.4 Å². The fourth-order valence-corrected chi connectivity index (χ4v) is 1.93. The Morgan fingerprint density at radius 3 is 2.32 bits per heavy atom. The number of amides is 2. The highest BCUT2D eigenvalue weighted by Crippen LogP contribution is 2.13. The minimum atomic E-state index is -1.11. The second kappa shape index (κ2) is 9.55. The van der Waals surface area contributed by atoms with Crippen LogP contribution in [0, 0.1) is 0 Å². The molecule has 120 valence electrons. The molecular formula is C16H22N2O4. The van der Waals surface area contributed by atoms with E-state index >= 15 is 0 Å². The standard InChI is InChI=1S/C16H22N2O4/c1-2-11-17-13(19)9-6-10-14(20)18-15(16(21)22)12-7-4-3-5-8-12/h3-5,7-8,15H,2,6,9-11H2,1H3,(H,17,19)(H,18,20)(H,21,22)/t15-/m0/s1. The second-order valence-electron chi connectivity index (χ2n) is 4.95. The molecule has 1 aromatic rings. The van der Waals surface area contributed by atoms with Crippen molar-refractivity contribution in [3.63, 3.8) is 0 Å². The topological polar surface area (TPSA) is 95.5 Å². The Morgan fingerprint density at radius 2 is 1.73 bits per heavy atom. The monoisotopic (exact) mass is 306 g/mol. The predicted molar refractivity (Wildman–Crippen MR) is 82.1 cm³/mol. The predicted octanol–water partition coefficient (Wildman–Crippen LogP) is 1.62. The van der Waals surface area contributed by atoms with Crippen LogP contribution in [0.2, 0.25) is 0 Å². The Balaban J connectivity index is 2.42. The number of carboxylic acids is 1. The minimum absolute atomic E-state index is 0.0903. The molecule has 6 heteroatoms. The number of carbonyl (C=O) groups excluding carboxylic acids is 2.